The number of thiazole rings is 1. The highest BCUT2D eigenvalue weighted by atomic mass is 127. The lowest BCUT2D eigenvalue weighted by Crippen LogP contribution is -2.45. The third-order valence-electron chi connectivity index (χ3n) is 5.36. The van der Waals surface area contributed by atoms with Crippen molar-refractivity contribution in [2.45, 2.75) is 38.6 Å². The van der Waals surface area contributed by atoms with Gasteiger partial charge in [-0.3, -0.25) is 9.89 Å². The minimum absolute atomic E-state index is 0. The molecule has 2 heterocycles. The largest absolute Gasteiger partial charge is 0.496 e. The third kappa shape index (κ3) is 7.09. The Kier molecular flexibility index (Phi) is 10.9. The third-order valence-corrected chi connectivity index (χ3v) is 6.18. The van der Waals surface area contributed by atoms with E-state index in [4.69, 9.17) is 4.74 Å². The van der Waals surface area contributed by atoms with Gasteiger partial charge in [-0.25, -0.2) is 4.98 Å². The van der Waals surface area contributed by atoms with E-state index in [1.807, 2.05) is 20.0 Å². The summed E-state index contributed by atoms with van der Waals surface area (Å²) >= 11 is 1.70. The van der Waals surface area contributed by atoms with E-state index in [0.29, 0.717) is 0 Å². The van der Waals surface area contributed by atoms with Gasteiger partial charge in [-0.15, -0.1) is 35.3 Å². The summed E-state index contributed by atoms with van der Waals surface area (Å²) in [6.45, 7) is 5.89. The molecule has 166 valence electrons. The van der Waals surface area contributed by atoms with E-state index in [1.165, 1.54) is 24.8 Å². The number of methoxy groups -OCH3 is 1. The fourth-order valence-electron chi connectivity index (χ4n) is 3.85. The van der Waals surface area contributed by atoms with Crippen molar-refractivity contribution in [1.82, 2.24) is 20.5 Å². The highest BCUT2D eigenvalue weighted by Crippen LogP contribution is 2.30. The molecule has 2 N–H and O–H groups in total. The van der Waals surface area contributed by atoms with Crippen molar-refractivity contribution < 1.29 is 4.74 Å². The summed E-state index contributed by atoms with van der Waals surface area (Å²) in [5, 5.41) is 10.2. The molecule has 0 saturated carbocycles. The Balaban J connectivity index is 0.00000320. The van der Waals surface area contributed by atoms with Crippen molar-refractivity contribution >= 4 is 41.3 Å². The maximum atomic E-state index is 5.66. The van der Waals surface area contributed by atoms with Crippen LogP contribution in [0.1, 0.15) is 41.6 Å². The summed E-state index contributed by atoms with van der Waals surface area (Å²) in [6.07, 6.45) is 4.73. The minimum atomic E-state index is 0. The Hall–Kier alpha value is -1.39. The van der Waals surface area contributed by atoms with Gasteiger partial charge in [0, 0.05) is 37.5 Å². The Morgan fingerprint density at radius 3 is 2.67 bits per heavy atom. The van der Waals surface area contributed by atoms with Gasteiger partial charge >= 0.3 is 0 Å². The van der Waals surface area contributed by atoms with Crippen LogP contribution in [-0.4, -0.2) is 56.2 Å². The topological polar surface area (TPSA) is 61.8 Å². The van der Waals surface area contributed by atoms with E-state index >= 15 is 0 Å². The molecule has 3 rings (SSSR count). The van der Waals surface area contributed by atoms with Crippen molar-refractivity contribution in [3.63, 3.8) is 0 Å². The van der Waals surface area contributed by atoms with E-state index in [1.54, 1.807) is 18.4 Å². The van der Waals surface area contributed by atoms with Gasteiger partial charge in [0.1, 0.15) is 5.75 Å². The average molecular weight is 544 g/mol. The van der Waals surface area contributed by atoms with Gasteiger partial charge in [0.25, 0.3) is 0 Å². The molecule has 0 bridgehead atoms. The summed E-state index contributed by atoms with van der Waals surface area (Å²) in [4.78, 5) is 11.5. The first-order valence-electron chi connectivity index (χ1n) is 10.4. The zero-order valence-corrected chi connectivity index (χ0v) is 21.3. The number of likely N-dealkylation sites (tertiary alicyclic amines) is 1. The number of aryl methyl sites for hydroxylation is 1. The molecular weight excluding hydrogens is 509 g/mol. The zero-order valence-electron chi connectivity index (χ0n) is 18.2. The number of nitrogens with one attached hydrogen (secondary N) is 2. The van der Waals surface area contributed by atoms with Crippen LogP contribution in [0.25, 0.3) is 0 Å². The lowest BCUT2D eigenvalue weighted by atomic mass is 10.0. The summed E-state index contributed by atoms with van der Waals surface area (Å²) in [5.41, 5.74) is 2.37. The van der Waals surface area contributed by atoms with E-state index in [2.05, 4.69) is 49.1 Å². The maximum absolute atomic E-state index is 5.66. The van der Waals surface area contributed by atoms with Crippen LogP contribution in [0.15, 0.2) is 34.6 Å². The SMILES string of the molecule is CN=C(NCCc1csc(C)n1)NCC(c1ccccc1OC)N1CCCCC1.I. The number of benzene rings is 1. The molecule has 1 unspecified atom stereocenters. The molecule has 8 heteroatoms. The second kappa shape index (κ2) is 13.1. The summed E-state index contributed by atoms with van der Waals surface area (Å²) < 4.78 is 5.66. The van der Waals surface area contributed by atoms with Crippen LogP contribution in [0, 0.1) is 6.92 Å². The number of rotatable bonds is 8. The van der Waals surface area contributed by atoms with Crippen LogP contribution in [0.5, 0.6) is 5.75 Å². The number of nitrogens with zero attached hydrogens (tertiary/aromatic N) is 3. The predicted octanol–water partition coefficient (Wildman–Crippen LogP) is 4.01. The summed E-state index contributed by atoms with van der Waals surface area (Å²) in [7, 11) is 3.57. The van der Waals surface area contributed by atoms with Gasteiger partial charge in [-0.05, 0) is 38.9 Å². The van der Waals surface area contributed by atoms with Crippen LogP contribution in [0.3, 0.4) is 0 Å². The number of aliphatic imine (C=N–C) groups is 1. The van der Waals surface area contributed by atoms with Crippen LogP contribution < -0.4 is 15.4 Å². The normalized spacial score (nSPS) is 15.9. The van der Waals surface area contributed by atoms with Crippen molar-refractivity contribution in [1.29, 1.82) is 0 Å². The number of para-hydroxylation sites is 1. The first-order chi connectivity index (χ1) is 14.2. The van der Waals surface area contributed by atoms with E-state index in [0.717, 1.165) is 55.0 Å². The molecule has 2 aromatic rings. The zero-order chi connectivity index (χ0) is 20.5. The lowest BCUT2D eigenvalue weighted by molar-refractivity contribution is 0.161. The molecule has 0 amide bonds. The summed E-state index contributed by atoms with van der Waals surface area (Å²) in [5.74, 6) is 1.78. The first kappa shape index (κ1) is 24.9. The number of halogens is 1. The van der Waals surface area contributed by atoms with E-state index in [9.17, 15) is 0 Å². The van der Waals surface area contributed by atoms with Gasteiger partial charge in [0.05, 0.1) is 23.9 Å². The molecule has 1 aromatic carbocycles. The van der Waals surface area contributed by atoms with Gasteiger partial charge in [-0.2, -0.15) is 0 Å². The maximum Gasteiger partial charge on any atom is 0.191 e. The number of hydrogen-bond donors (Lipinski definition) is 2. The molecule has 0 spiro atoms. The molecule has 1 fully saturated rings. The van der Waals surface area contributed by atoms with Gasteiger partial charge in [-0.1, -0.05) is 24.6 Å². The molecule has 1 aromatic heterocycles. The molecule has 1 aliphatic heterocycles. The monoisotopic (exact) mass is 543 g/mol. The van der Waals surface area contributed by atoms with E-state index in [-0.39, 0.29) is 30.0 Å². The molecule has 0 radical (unpaired) electrons. The Bertz CT molecular complexity index is 791. The standard InChI is InChI=1S/C22H33N5OS.HI/c1-17-26-18(16-29-17)11-12-24-22(23-2)25-15-20(27-13-7-4-8-14-27)19-9-5-6-10-21(19)28-3;/h5-6,9-10,16,20H,4,7-8,11-15H2,1-3H3,(H2,23,24,25);1H. The van der Waals surface area contributed by atoms with Gasteiger partial charge < -0.3 is 15.4 Å². The van der Waals surface area contributed by atoms with E-state index < -0.39 is 0 Å². The molecule has 1 saturated heterocycles. The van der Waals surface area contributed by atoms with Crippen molar-refractivity contribution in [2.24, 2.45) is 4.99 Å². The molecular formula is C22H34IN5OS. The molecule has 1 aliphatic rings. The molecule has 0 aliphatic carbocycles. The molecule has 30 heavy (non-hydrogen) atoms. The Morgan fingerprint density at radius 2 is 2.00 bits per heavy atom. The predicted molar refractivity (Wildman–Crippen MR) is 136 cm³/mol. The average Bonchev–Trinajstić information content (AvgIpc) is 3.18. The van der Waals surface area contributed by atoms with Crippen LogP contribution >= 0.6 is 35.3 Å². The van der Waals surface area contributed by atoms with Gasteiger partial charge in [0.2, 0.25) is 0 Å². The van der Waals surface area contributed by atoms with Gasteiger partial charge in [0.15, 0.2) is 5.96 Å². The summed E-state index contributed by atoms with van der Waals surface area (Å²) in [6, 6.07) is 8.61. The van der Waals surface area contributed by atoms with Crippen molar-refractivity contribution in [2.75, 3.05) is 40.3 Å². The number of hydrogen-bond acceptors (Lipinski definition) is 5. The van der Waals surface area contributed by atoms with Crippen LogP contribution in [0.4, 0.5) is 0 Å². The number of aromatic nitrogens is 1. The lowest BCUT2D eigenvalue weighted by Gasteiger charge is -2.35. The fourth-order valence-corrected chi connectivity index (χ4v) is 4.50. The van der Waals surface area contributed by atoms with Crippen LogP contribution in [-0.2, 0) is 6.42 Å². The Morgan fingerprint density at radius 1 is 1.23 bits per heavy atom. The molecule has 6 nitrogen and oxygen atoms in total. The fraction of sp³-hybridized carbons (Fsp3) is 0.545. The van der Waals surface area contributed by atoms with Crippen LogP contribution in [0.2, 0.25) is 0 Å². The van der Waals surface area contributed by atoms with Crippen molar-refractivity contribution in [3.05, 3.63) is 45.9 Å². The van der Waals surface area contributed by atoms with Crippen molar-refractivity contribution in [3.8, 4) is 5.75 Å². The highest BCUT2D eigenvalue weighted by Gasteiger charge is 2.25. The quantitative estimate of drug-likeness (QED) is 0.300. The minimum Gasteiger partial charge on any atom is -0.496 e. The highest BCUT2D eigenvalue weighted by molar-refractivity contribution is 14.0. The first-order valence-corrected chi connectivity index (χ1v) is 11.3. The second-order valence-electron chi connectivity index (χ2n) is 7.34. The number of piperidine rings is 1. The Labute approximate surface area is 201 Å². The smallest absolute Gasteiger partial charge is 0.191 e. The molecule has 1 atom stereocenters. The number of ether oxygens (including phenoxy) is 1. The number of guanidine groups is 1. The second-order valence-corrected chi connectivity index (χ2v) is 8.40.